The van der Waals surface area contributed by atoms with E-state index in [-0.39, 0.29) is 0 Å². The van der Waals surface area contributed by atoms with E-state index in [1.165, 1.54) is 19.3 Å². The molecule has 0 aliphatic rings. The predicted octanol–water partition coefficient (Wildman–Crippen LogP) is 4.03. The highest BCUT2D eigenvalue weighted by Gasteiger charge is 2.09. The predicted molar refractivity (Wildman–Crippen MR) is 89.9 cm³/mol. The number of nitrogens with zero attached hydrogens (tertiary/aromatic N) is 2. The molecule has 0 fully saturated rings. The number of methoxy groups -OCH3 is 2. The molecule has 5 heteroatoms. The van der Waals surface area contributed by atoms with Crippen LogP contribution in [-0.2, 0) is 0 Å². The average molecular weight is 303 g/mol. The second-order valence-electron chi connectivity index (χ2n) is 5.49. The van der Waals surface area contributed by atoms with Crippen molar-refractivity contribution >= 4 is 16.9 Å². The molecule has 22 heavy (non-hydrogen) atoms. The van der Waals surface area contributed by atoms with E-state index in [4.69, 9.17) is 9.47 Å². The molecule has 0 aliphatic carbocycles. The molecule has 1 atom stereocenters. The van der Waals surface area contributed by atoms with Crippen molar-refractivity contribution in [3.8, 4) is 11.5 Å². The zero-order valence-corrected chi connectivity index (χ0v) is 13.8. The Balaban J connectivity index is 2.15. The number of hydrogen-bond acceptors (Lipinski definition) is 5. The van der Waals surface area contributed by atoms with Crippen molar-refractivity contribution in [2.75, 3.05) is 19.5 Å². The van der Waals surface area contributed by atoms with E-state index in [9.17, 15) is 0 Å². The van der Waals surface area contributed by atoms with E-state index in [1.807, 2.05) is 12.1 Å². The Morgan fingerprint density at radius 2 is 1.77 bits per heavy atom. The fourth-order valence-corrected chi connectivity index (χ4v) is 2.43. The molecule has 1 aromatic carbocycles. The number of rotatable bonds is 8. The van der Waals surface area contributed by atoms with Crippen LogP contribution >= 0.6 is 0 Å². The van der Waals surface area contributed by atoms with Crippen LogP contribution in [0.15, 0.2) is 18.3 Å². The van der Waals surface area contributed by atoms with Crippen LogP contribution in [0.3, 0.4) is 0 Å². The van der Waals surface area contributed by atoms with Crippen LogP contribution < -0.4 is 14.8 Å². The van der Waals surface area contributed by atoms with E-state index in [0.717, 1.165) is 23.3 Å². The number of unbranched alkanes of at least 4 members (excludes halogenated alkanes) is 2. The molecule has 0 amide bonds. The molecule has 0 aliphatic heterocycles. The van der Waals surface area contributed by atoms with Crippen molar-refractivity contribution in [3.05, 3.63) is 18.3 Å². The van der Waals surface area contributed by atoms with Crippen LogP contribution in [0, 0.1) is 0 Å². The molecule has 2 aromatic rings. The Morgan fingerprint density at radius 3 is 2.41 bits per heavy atom. The summed E-state index contributed by atoms with van der Waals surface area (Å²) in [6, 6.07) is 4.09. The SMILES string of the molecule is CCCCCC(C)Nc1cnc2cc(OC)c(OC)cc2n1. The summed E-state index contributed by atoms with van der Waals surface area (Å²) in [4.78, 5) is 9.07. The topological polar surface area (TPSA) is 56.3 Å². The minimum Gasteiger partial charge on any atom is -0.493 e. The zero-order valence-electron chi connectivity index (χ0n) is 13.8. The van der Waals surface area contributed by atoms with Gasteiger partial charge in [0.25, 0.3) is 0 Å². The van der Waals surface area contributed by atoms with Crippen molar-refractivity contribution in [1.29, 1.82) is 0 Å². The van der Waals surface area contributed by atoms with Gasteiger partial charge in [-0.25, -0.2) is 4.98 Å². The van der Waals surface area contributed by atoms with Gasteiger partial charge in [0.1, 0.15) is 5.82 Å². The number of aromatic nitrogens is 2. The van der Waals surface area contributed by atoms with Gasteiger partial charge in [-0.05, 0) is 13.3 Å². The highest BCUT2D eigenvalue weighted by atomic mass is 16.5. The van der Waals surface area contributed by atoms with Gasteiger partial charge in [0.2, 0.25) is 0 Å². The highest BCUT2D eigenvalue weighted by Crippen LogP contribution is 2.30. The van der Waals surface area contributed by atoms with E-state index < -0.39 is 0 Å². The molecule has 5 nitrogen and oxygen atoms in total. The van der Waals surface area contributed by atoms with Crippen molar-refractivity contribution in [2.45, 2.75) is 45.6 Å². The number of nitrogens with one attached hydrogen (secondary N) is 1. The first-order chi connectivity index (χ1) is 10.7. The van der Waals surface area contributed by atoms with Crippen LogP contribution in [0.1, 0.15) is 39.5 Å². The number of anilines is 1. The molecule has 0 radical (unpaired) electrons. The van der Waals surface area contributed by atoms with E-state index >= 15 is 0 Å². The molecule has 0 saturated heterocycles. The summed E-state index contributed by atoms with van der Waals surface area (Å²) in [7, 11) is 3.24. The quantitative estimate of drug-likeness (QED) is 0.746. The zero-order chi connectivity index (χ0) is 15.9. The normalized spacial score (nSPS) is 12.2. The minimum atomic E-state index is 0.387. The molecule has 1 unspecified atom stereocenters. The number of benzene rings is 1. The maximum Gasteiger partial charge on any atom is 0.163 e. The third kappa shape index (κ3) is 4.00. The first-order valence-electron chi connectivity index (χ1n) is 7.83. The lowest BCUT2D eigenvalue weighted by Crippen LogP contribution is -2.16. The van der Waals surface area contributed by atoms with Gasteiger partial charge < -0.3 is 14.8 Å². The average Bonchev–Trinajstić information content (AvgIpc) is 2.53. The summed E-state index contributed by atoms with van der Waals surface area (Å²) in [6.45, 7) is 4.39. The van der Waals surface area contributed by atoms with E-state index in [2.05, 4.69) is 29.1 Å². The van der Waals surface area contributed by atoms with Crippen LogP contribution in [0.4, 0.5) is 5.82 Å². The van der Waals surface area contributed by atoms with Crippen LogP contribution in [0.2, 0.25) is 0 Å². The maximum absolute atomic E-state index is 5.32. The third-order valence-corrected chi connectivity index (χ3v) is 3.68. The van der Waals surface area contributed by atoms with Gasteiger partial charge >= 0.3 is 0 Å². The Bertz CT molecular complexity index is 616. The maximum atomic E-state index is 5.32. The summed E-state index contributed by atoms with van der Waals surface area (Å²) < 4.78 is 10.6. The van der Waals surface area contributed by atoms with Gasteiger partial charge in [0.05, 0.1) is 31.4 Å². The molecule has 0 bridgehead atoms. The van der Waals surface area contributed by atoms with E-state index in [1.54, 1.807) is 20.4 Å². The molecule has 0 saturated carbocycles. The van der Waals surface area contributed by atoms with E-state index in [0.29, 0.717) is 17.5 Å². The van der Waals surface area contributed by atoms with Gasteiger partial charge in [0, 0.05) is 18.2 Å². The summed E-state index contributed by atoms with van der Waals surface area (Å²) >= 11 is 0. The van der Waals surface area contributed by atoms with Crippen molar-refractivity contribution in [2.24, 2.45) is 0 Å². The monoisotopic (exact) mass is 303 g/mol. The summed E-state index contributed by atoms with van der Waals surface area (Å²) in [5.74, 6) is 2.12. The fraction of sp³-hybridized carbons (Fsp3) is 0.529. The van der Waals surface area contributed by atoms with Gasteiger partial charge in [-0.3, -0.25) is 4.98 Å². The first-order valence-corrected chi connectivity index (χ1v) is 7.83. The second-order valence-corrected chi connectivity index (χ2v) is 5.49. The largest absolute Gasteiger partial charge is 0.493 e. The van der Waals surface area contributed by atoms with Gasteiger partial charge in [-0.2, -0.15) is 0 Å². The fourth-order valence-electron chi connectivity index (χ4n) is 2.43. The lowest BCUT2D eigenvalue weighted by molar-refractivity contribution is 0.355. The van der Waals surface area contributed by atoms with Gasteiger partial charge in [0.15, 0.2) is 11.5 Å². The number of hydrogen-bond donors (Lipinski definition) is 1. The Labute approximate surface area is 132 Å². The van der Waals surface area contributed by atoms with Crippen molar-refractivity contribution < 1.29 is 9.47 Å². The standard InChI is InChI=1S/C17H25N3O2/c1-5-6-7-8-12(2)19-17-11-18-13-9-15(21-3)16(22-4)10-14(13)20-17/h9-12H,5-8H2,1-4H3,(H,19,20). The Hall–Kier alpha value is -2.04. The highest BCUT2D eigenvalue weighted by molar-refractivity contribution is 5.80. The number of ether oxygens (including phenoxy) is 2. The Morgan fingerprint density at radius 1 is 1.09 bits per heavy atom. The molecule has 2 rings (SSSR count). The molecular formula is C17H25N3O2. The van der Waals surface area contributed by atoms with Gasteiger partial charge in [-0.15, -0.1) is 0 Å². The molecule has 1 aromatic heterocycles. The minimum absolute atomic E-state index is 0.387. The van der Waals surface area contributed by atoms with Crippen LogP contribution in [-0.4, -0.2) is 30.2 Å². The summed E-state index contributed by atoms with van der Waals surface area (Å²) in [6.07, 6.45) is 6.65. The number of fused-ring (bicyclic) bond motifs is 1. The summed E-state index contributed by atoms with van der Waals surface area (Å²) in [5.41, 5.74) is 1.59. The third-order valence-electron chi connectivity index (χ3n) is 3.68. The smallest absolute Gasteiger partial charge is 0.163 e. The second kappa shape index (κ2) is 7.82. The first kappa shape index (κ1) is 16.3. The molecule has 1 N–H and O–H groups in total. The summed E-state index contributed by atoms with van der Waals surface area (Å²) in [5, 5.41) is 3.41. The van der Waals surface area contributed by atoms with Crippen molar-refractivity contribution in [3.63, 3.8) is 0 Å². The van der Waals surface area contributed by atoms with Crippen LogP contribution in [0.25, 0.3) is 11.0 Å². The van der Waals surface area contributed by atoms with Crippen LogP contribution in [0.5, 0.6) is 11.5 Å². The Kier molecular flexibility index (Phi) is 5.81. The molecule has 0 spiro atoms. The van der Waals surface area contributed by atoms with Gasteiger partial charge in [-0.1, -0.05) is 26.2 Å². The molecule has 120 valence electrons. The molecular weight excluding hydrogens is 278 g/mol. The lowest BCUT2D eigenvalue weighted by Gasteiger charge is -2.15. The van der Waals surface area contributed by atoms with Crippen molar-refractivity contribution in [1.82, 2.24) is 9.97 Å². The lowest BCUT2D eigenvalue weighted by atomic mass is 10.1. The molecule has 1 heterocycles.